The zero-order chi connectivity index (χ0) is 18.2. The second-order valence-electron chi connectivity index (χ2n) is 6.30. The molecular weight excluding hydrogens is 342 g/mol. The van der Waals surface area contributed by atoms with Gasteiger partial charge in [0.15, 0.2) is 0 Å². The molecule has 0 radical (unpaired) electrons. The number of carbonyl (C=O) groups excluding carboxylic acids is 1. The van der Waals surface area contributed by atoms with E-state index in [4.69, 9.17) is 21.1 Å². The van der Waals surface area contributed by atoms with Gasteiger partial charge in [-0.15, -0.1) is 0 Å². The predicted molar refractivity (Wildman–Crippen MR) is 99.3 cm³/mol. The van der Waals surface area contributed by atoms with Gasteiger partial charge in [-0.05, 0) is 32.0 Å². The van der Waals surface area contributed by atoms with E-state index in [1.807, 2.05) is 26.0 Å². The van der Waals surface area contributed by atoms with Crippen molar-refractivity contribution in [2.45, 2.75) is 26.4 Å². The van der Waals surface area contributed by atoms with Gasteiger partial charge in [0.2, 0.25) is 0 Å². The number of urea groups is 1. The van der Waals surface area contributed by atoms with Crippen LogP contribution < -0.4 is 10.1 Å². The van der Waals surface area contributed by atoms with Crippen molar-refractivity contribution in [2.75, 3.05) is 46.5 Å². The summed E-state index contributed by atoms with van der Waals surface area (Å²) in [5, 5.41) is 3.68. The standard InChI is InChI=1S/C18H28ClN3O3/c1-4-25-17-6-5-16(19)11-15(17)13-21(3)18(23)20-14(2)12-22-7-9-24-10-8-22/h5-6,11,14H,4,7-10,12-13H2,1-3H3,(H,20,23)/t14-/m1/s1. The third-order valence-corrected chi connectivity index (χ3v) is 4.32. The summed E-state index contributed by atoms with van der Waals surface area (Å²) in [4.78, 5) is 16.4. The maximum absolute atomic E-state index is 12.5. The topological polar surface area (TPSA) is 54.0 Å². The number of benzene rings is 1. The molecule has 1 atom stereocenters. The number of halogens is 1. The van der Waals surface area contributed by atoms with Crippen LogP contribution in [-0.2, 0) is 11.3 Å². The molecule has 25 heavy (non-hydrogen) atoms. The quantitative estimate of drug-likeness (QED) is 0.802. The second kappa shape index (κ2) is 9.85. The molecule has 1 aromatic carbocycles. The Labute approximate surface area is 155 Å². The lowest BCUT2D eigenvalue weighted by atomic mass is 10.2. The molecule has 2 rings (SSSR count). The molecule has 7 heteroatoms. The van der Waals surface area contributed by atoms with Gasteiger partial charge in [0.1, 0.15) is 5.75 Å². The van der Waals surface area contributed by atoms with Crippen LogP contribution in [0, 0.1) is 0 Å². The van der Waals surface area contributed by atoms with E-state index in [0.717, 1.165) is 44.2 Å². The monoisotopic (exact) mass is 369 g/mol. The summed E-state index contributed by atoms with van der Waals surface area (Å²) in [6.07, 6.45) is 0. The number of nitrogens with zero attached hydrogens (tertiary/aromatic N) is 2. The lowest BCUT2D eigenvalue weighted by Gasteiger charge is -2.30. The van der Waals surface area contributed by atoms with Crippen molar-refractivity contribution in [1.29, 1.82) is 0 Å². The van der Waals surface area contributed by atoms with Gasteiger partial charge in [0, 0.05) is 43.3 Å². The van der Waals surface area contributed by atoms with E-state index in [9.17, 15) is 4.79 Å². The second-order valence-corrected chi connectivity index (χ2v) is 6.74. The number of amides is 2. The minimum Gasteiger partial charge on any atom is -0.494 e. The molecule has 2 amide bonds. The smallest absolute Gasteiger partial charge is 0.317 e. The van der Waals surface area contributed by atoms with Gasteiger partial charge >= 0.3 is 6.03 Å². The van der Waals surface area contributed by atoms with Crippen molar-refractivity contribution >= 4 is 17.6 Å². The van der Waals surface area contributed by atoms with Gasteiger partial charge in [-0.3, -0.25) is 4.90 Å². The van der Waals surface area contributed by atoms with Crippen LogP contribution in [0.3, 0.4) is 0 Å². The zero-order valence-electron chi connectivity index (χ0n) is 15.3. The Hall–Kier alpha value is -1.50. The molecule has 1 fully saturated rings. The molecule has 0 spiro atoms. The molecule has 1 aliphatic rings. The van der Waals surface area contributed by atoms with Crippen LogP contribution in [0.25, 0.3) is 0 Å². The number of ether oxygens (including phenoxy) is 2. The third-order valence-electron chi connectivity index (χ3n) is 4.08. The van der Waals surface area contributed by atoms with Gasteiger partial charge < -0.3 is 19.7 Å². The molecule has 1 aromatic rings. The number of carbonyl (C=O) groups is 1. The van der Waals surface area contributed by atoms with E-state index < -0.39 is 0 Å². The van der Waals surface area contributed by atoms with Crippen molar-refractivity contribution in [3.05, 3.63) is 28.8 Å². The average Bonchev–Trinajstić information content (AvgIpc) is 2.58. The first-order valence-electron chi connectivity index (χ1n) is 8.72. The molecule has 0 saturated carbocycles. The van der Waals surface area contributed by atoms with Crippen molar-refractivity contribution in [3.8, 4) is 5.75 Å². The lowest BCUT2D eigenvalue weighted by molar-refractivity contribution is 0.0347. The maximum atomic E-state index is 12.5. The number of nitrogens with one attached hydrogen (secondary N) is 1. The summed E-state index contributed by atoms with van der Waals surface area (Å²) in [6.45, 7) is 9.13. The van der Waals surface area contributed by atoms with E-state index in [0.29, 0.717) is 18.2 Å². The zero-order valence-corrected chi connectivity index (χ0v) is 16.0. The first-order chi connectivity index (χ1) is 12.0. The number of rotatable bonds is 7. The average molecular weight is 370 g/mol. The van der Waals surface area contributed by atoms with Gasteiger partial charge in [-0.2, -0.15) is 0 Å². The summed E-state index contributed by atoms with van der Waals surface area (Å²) in [7, 11) is 1.77. The molecule has 6 nitrogen and oxygen atoms in total. The van der Waals surface area contributed by atoms with Crippen molar-refractivity contribution in [1.82, 2.24) is 15.1 Å². The first kappa shape index (κ1) is 19.8. The molecular formula is C18H28ClN3O3. The van der Waals surface area contributed by atoms with E-state index >= 15 is 0 Å². The molecule has 140 valence electrons. The fourth-order valence-corrected chi connectivity index (χ4v) is 3.03. The SMILES string of the molecule is CCOc1ccc(Cl)cc1CN(C)C(=O)N[C@H](C)CN1CCOCC1. The summed E-state index contributed by atoms with van der Waals surface area (Å²) < 4.78 is 11.0. The van der Waals surface area contributed by atoms with Crippen LogP contribution in [0.15, 0.2) is 18.2 Å². The normalized spacial score (nSPS) is 16.3. The molecule has 0 aliphatic carbocycles. The van der Waals surface area contributed by atoms with Crippen LogP contribution in [0.2, 0.25) is 5.02 Å². The fourth-order valence-electron chi connectivity index (χ4n) is 2.83. The van der Waals surface area contributed by atoms with Crippen molar-refractivity contribution in [3.63, 3.8) is 0 Å². The van der Waals surface area contributed by atoms with E-state index in [2.05, 4.69) is 10.2 Å². The Morgan fingerprint density at radius 1 is 1.44 bits per heavy atom. The van der Waals surface area contributed by atoms with Crippen molar-refractivity contribution < 1.29 is 14.3 Å². The summed E-state index contributed by atoms with van der Waals surface area (Å²) in [5.41, 5.74) is 0.896. The summed E-state index contributed by atoms with van der Waals surface area (Å²) in [6, 6.07) is 5.43. The molecule has 0 bridgehead atoms. The molecule has 1 saturated heterocycles. The van der Waals surface area contributed by atoms with Gasteiger partial charge in [0.05, 0.1) is 26.4 Å². The van der Waals surface area contributed by atoms with Crippen LogP contribution in [0.5, 0.6) is 5.75 Å². The molecule has 0 aromatic heterocycles. The molecule has 1 heterocycles. The molecule has 1 aliphatic heterocycles. The number of morpholine rings is 1. The van der Waals surface area contributed by atoms with Crippen LogP contribution >= 0.6 is 11.6 Å². The van der Waals surface area contributed by atoms with E-state index in [-0.39, 0.29) is 12.1 Å². The fraction of sp³-hybridized carbons (Fsp3) is 0.611. The lowest BCUT2D eigenvalue weighted by Crippen LogP contribution is -2.48. The highest BCUT2D eigenvalue weighted by Crippen LogP contribution is 2.24. The maximum Gasteiger partial charge on any atom is 0.317 e. The Balaban J connectivity index is 1.88. The molecule has 1 N–H and O–H groups in total. The Kier molecular flexibility index (Phi) is 7.81. The van der Waals surface area contributed by atoms with Gasteiger partial charge in [-0.1, -0.05) is 11.6 Å². The number of hydrogen-bond acceptors (Lipinski definition) is 4. The third kappa shape index (κ3) is 6.38. The minimum atomic E-state index is -0.108. The highest BCUT2D eigenvalue weighted by atomic mass is 35.5. The summed E-state index contributed by atoms with van der Waals surface area (Å²) >= 11 is 6.08. The Morgan fingerprint density at radius 3 is 2.84 bits per heavy atom. The van der Waals surface area contributed by atoms with Gasteiger partial charge in [0.25, 0.3) is 0 Å². The summed E-state index contributed by atoms with van der Waals surface area (Å²) in [5.74, 6) is 0.757. The Bertz CT molecular complexity index is 564. The highest BCUT2D eigenvalue weighted by molar-refractivity contribution is 6.30. The van der Waals surface area contributed by atoms with Crippen LogP contribution in [0.1, 0.15) is 19.4 Å². The van der Waals surface area contributed by atoms with E-state index in [1.54, 1.807) is 18.0 Å². The highest BCUT2D eigenvalue weighted by Gasteiger charge is 2.18. The minimum absolute atomic E-state index is 0.0683. The van der Waals surface area contributed by atoms with E-state index in [1.165, 1.54) is 0 Å². The van der Waals surface area contributed by atoms with Crippen molar-refractivity contribution in [2.24, 2.45) is 0 Å². The first-order valence-corrected chi connectivity index (χ1v) is 9.10. The van der Waals surface area contributed by atoms with Crippen LogP contribution in [0.4, 0.5) is 4.79 Å². The van der Waals surface area contributed by atoms with Crippen LogP contribution in [-0.4, -0.2) is 68.4 Å². The molecule has 0 unspecified atom stereocenters. The largest absolute Gasteiger partial charge is 0.494 e. The predicted octanol–water partition coefficient (Wildman–Crippen LogP) is 2.60. The number of hydrogen-bond donors (Lipinski definition) is 1. The van der Waals surface area contributed by atoms with Gasteiger partial charge in [-0.25, -0.2) is 4.79 Å². The Morgan fingerprint density at radius 2 is 2.16 bits per heavy atom.